The van der Waals surface area contributed by atoms with Crippen molar-refractivity contribution >= 4 is 11.7 Å². The molecule has 0 amide bonds. The van der Waals surface area contributed by atoms with Crippen LogP contribution in [0, 0.1) is 0 Å². The summed E-state index contributed by atoms with van der Waals surface area (Å²) in [6.45, 7) is 1.61. The average Bonchev–Trinajstić information content (AvgIpc) is 2.48. The molecule has 0 spiro atoms. The van der Waals surface area contributed by atoms with Gasteiger partial charge in [0.1, 0.15) is 5.75 Å². The first-order chi connectivity index (χ1) is 9.56. The summed E-state index contributed by atoms with van der Waals surface area (Å²) in [5, 5.41) is 12.6. The topological polar surface area (TPSA) is 71.5 Å². The van der Waals surface area contributed by atoms with Gasteiger partial charge in [-0.3, -0.25) is 4.98 Å². The van der Waals surface area contributed by atoms with E-state index in [2.05, 4.69) is 10.3 Å². The Kier molecular flexibility index (Phi) is 3.89. The number of pyridine rings is 1. The van der Waals surface area contributed by atoms with Gasteiger partial charge in [0.15, 0.2) is 5.54 Å². The zero-order valence-electron chi connectivity index (χ0n) is 11.3. The maximum atomic E-state index is 11.6. The average molecular weight is 272 g/mol. The number of aliphatic carboxylic acids is 1. The van der Waals surface area contributed by atoms with Crippen LogP contribution in [-0.4, -0.2) is 23.2 Å². The lowest BCUT2D eigenvalue weighted by molar-refractivity contribution is -0.142. The number of hydrogen-bond donors (Lipinski definition) is 2. The molecule has 0 fully saturated rings. The van der Waals surface area contributed by atoms with Crippen LogP contribution >= 0.6 is 0 Å². The van der Waals surface area contributed by atoms with E-state index >= 15 is 0 Å². The van der Waals surface area contributed by atoms with Crippen LogP contribution in [0.2, 0.25) is 0 Å². The van der Waals surface area contributed by atoms with Crippen molar-refractivity contribution in [2.24, 2.45) is 0 Å². The Hall–Kier alpha value is -2.56. The largest absolute Gasteiger partial charge is 0.497 e. The monoisotopic (exact) mass is 272 g/mol. The maximum absolute atomic E-state index is 11.6. The zero-order chi connectivity index (χ0) is 14.6. The second-order valence-electron chi connectivity index (χ2n) is 4.53. The summed E-state index contributed by atoms with van der Waals surface area (Å²) in [6.07, 6.45) is 3.16. The van der Waals surface area contributed by atoms with Gasteiger partial charge in [-0.25, -0.2) is 4.79 Å². The molecule has 0 saturated carbocycles. The molecule has 2 N–H and O–H groups in total. The zero-order valence-corrected chi connectivity index (χ0v) is 11.3. The smallest absolute Gasteiger partial charge is 0.333 e. The number of aromatic nitrogens is 1. The Morgan fingerprint density at radius 2 is 2.00 bits per heavy atom. The van der Waals surface area contributed by atoms with Crippen molar-refractivity contribution in [3.63, 3.8) is 0 Å². The van der Waals surface area contributed by atoms with Gasteiger partial charge in [-0.05, 0) is 37.3 Å². The summed E-state index contributed by atoms with van der Waals surface area (Å²) in [4.78, 5) is 15.6. The highest BCUT2D eigenvalue weighted by atomic mass is 16.5. The van der Waals surface area contributed by atoms with Crippen LogP contribution in [0.3, 0.4) is 0 Å². The summed E-state index contributed by atoms with van der Waals surface area (Å²) >= 11 is 0. The van der Waals surface area contributed by atoms with Crippen molar-refractivity contribution < 1.29 is 14.6 Å². The SMILES string of the molecule is COc1ccc(NC(C)(C(=O)O)c2cccnc2)cc1. The first-order valence-corrected chi connectivity index (χ1v) is 6.12. The molecule has 0 aliphatic carbocycles. The van der Waals surface area contributed by atoms with Crippen molar-refractivity contribution in [3.8, 4) is 5.75 Å². The maximum Gasteiger partial charge on any atom is 0.333 e. The highest BCUT2D eigenvalue weighted by molar-refractivity contribution is 5.84. The highest BCUT2D eigenvalue weighted by Gasteiger charge is 2.35. The van der Waals surface area contributed by atoms with Gasteiger partial charge in [0, 0.05) is 23.6 Å². The third-order valence-electron chi connectivity index (χ3n) is 3.15. The molecule has 0 radical (unpaired) electrons. The van der Waals surface area contributed by atoms with E-state index < -0.39 is 11.5 Å². The number of carboxylic acids is 1. The summed E-state index contributed by atoms with van der Waals surface area (Å²) in [5.74, 6) is -0.254. The molecule has 20 heavy (non-hydrogen) atoms. The van der Waals surface area contributed by atoms with E-state index in [4.69, 9.17) is 4.74 Å². The molecule has 0 aliphatic heterocycles. The predicted molar refractivity (Wildman–Crippen MR) is 75.8 cm³/mol. The fraction of sp³-hybridized carbons (Fsp3) is 0.200. The molecule has 5 heteroatoms. The van der Waals surface area contributed by atoms with Crippen LogP contribution in [0.1, 0.15) is 12.5 Å². The van der Waals surface area contributed by atoms with E-state index in [-0.39, 0.29) is 0 Å². The number of ether oxygens (including phenoxy) is 1. The molecule has 0 saturated heterocycles. The van der Waals surface area contributed by atoms with Gasteiger partial charge in [0.05, 0.1) is 7.11 Å². The Morgan fingerprint density at radius 1 is 1.30 bits per heavy atom. The van der Waals surface area contributed by atoms with Crippen LogP contribution < -0.4 is 10.1 Å². The Balaban J connectivity index is 2.32. The van der Waals surface area contributed by atoms with Crippen molar-refractivity contribution in [1.29, 1.82) is 0 Å². The third-order valence-corrected chi connectivity index (χ3v) is 3.15. The molecule has 1 unspecified atom stereocenters. The summed E-state index contributed by atoms with van der Waals surface area (Å²) in [7, 11) is 1.58. The summed E-state index contributed by atoms with van der Waals surface area (Å²) in [6, 6.07) is 10.5. The number of carbonyl (C=O) groups is 1. The van der Waals surface area contributed by atoms with Gasteiger partial charge in [-0.1, -0.05) is 6.07 Å². The van der Waals surface area contributed by atoms with Crippen molar-refractivity contribution in [2.75, 3.05) is 12.4 Å². The van der Waals surface area contributed by atoms with Gasteiger partial charge in [-0.15, -0.1) is 0 Å². The lowest BCUT2D eigenvalue weighted by Crippen LogP contribution is -2.40. The van der Waals surface area contributed by atoms with Gasteiger partial charge < -0.3 is 15.2 Å². The molecule has 1 aromatic heterocycles. The van der Waals surface area contributed by atoms with Crippen molar-refractivity contribution in [2.45, 2.75) is 12.5 Å². The van der Waals surface area contributed by atoms with E-state index in [0.29, 0.717) is 17.0 Å². The van der Waals surface area contributed by atoms with Gasteiger partial charge in [0.2, 0.25) is 0 Å². The molecular formula is C15H16N2O3. The van der Waals surface area contributed by atoms with E-state index in [1.807, 2.05) is 0 Å². The van der Waals surface area contributed by atoms with E-state index in [0.717, 1.165) is 0 Å². The molecule has 5 nitrogen and oxygen atoms in total. The molecule has 1 atom stereocenters. The summed E-state index contributed by atoms with van der Waals surface area (Å²) < 4.78 is 5.08. The fourth-order valence-electron chi connectivity index (χ4n) is 1.87. The standard InChI is InChI=1S/C15H16N2O3/c1-15(14(18)19,11-4-3-9-16-10-11)17-12-5-7-13(20-2)8-6-12/h3-10,17H,1-2H3,(H,18,19). The second-order valence-corrected chi connectivity index (χ2v) is 4.53. The highest BCUT2D eigenvalue weighted by Crippen LogP contribution is 2.27. The molecule has 104 valence electrons. The molecule has 2 rings (SSSR count). The second kappa shape index (κ2) is 5.61. The van der Waals surface area contributed by atoms with Crippen molar-refractivity contribution in [3.05, 3.63) is 54.4 Å². The van der Waals surface area contributed by atoms with Crippen LogP contribution in [0.15, 0.2) is 48.8 Å². The lowest BCUT2D eigenvalue weighted by Gasteiger charge is -2.27. The number of nitrogens with zero attached hydrogens (tertiary/aromatic N) is 1. The minimum absolute atomic E-state index is 0.586. The normalized spacial score (nSPS) is 13.3. The van der Waals surface area contributed by atoms with Gasteiger partial charge in [0.25, 0.3) is 0 Å². The predicted octanol–water partition coefficient (Wildman–Crippen LogP) is 2.50. The Morgan fingerprint density at radius 3 is 2.50 bits per heavy atom. The molecular weight excluding hydrogens is 256 g/mol. The fourth-order valence-corrected chi connectivity index (χ4v) is 1.87. The molecule has 1 heterocycles. The number of rotatable bonds is 5. The van der Waals surface area contributed by atoms with Crippen LogP contribution in [0.25, 0.3) is 0 Å². The van der Waals surface area contributed by atoms with Gasteiger partial charge in [-0.2, -0.15) is 0 Å². The first kappa shape index (κ1) is 13.9. The lowest BCUT2D eigenvalue weighted by atomic mass is 9.93. The van der Waals surface area contributed by atoms with E-state index in [1.165, 1.54) is 0 Å². The van der Waals surface area contributed by atoms with Gasteiger partial charge >= 0.3 is 5.97 Å². The van der Waals surface area contributed by atoms with Crippen molar-refractivity contribution in [1.82, 2.24) is 4.98 Å². The third kappa shape index (κ3) is 2.71. The van der Waals surface area contributed by atoms with Crippen LogP contribution in [0.5, 0.6) is 5.75 Å². The number of carboxylic acid groups (broad SMARTS) is 1. The van der Waals surface area contributed by atoms with E-state index in [1.54, 1.807) is 62.8 Å². The van der Waals surface area contributed by atoms with Crippen LogP contribution in [-0.2, 0) is 10.3 Å². The number of benzene rings is 1. The summed E-state index contributed by atoms with van der Waals surface area (Å²) in [5.41, 5.74) is 0.0333. The minimum Gasteiger partial charge on any atom is -0.497 e. The van der Waals surface area contributed by atoms with Crippen LogP contribution in [0.4, 0.5) is 5.69 Å². The number of hydrogen-bond acceptors (Lipinski definition) is 4. The van der Waals surface area contributed by atoms with E-state index in [9.17, 15) is 9.90 Å². The Labute approximate surface area is 117 Å². The Bertz CT molecular complexity index is 584. The molecule has 0 aliphatic rings. The molecule has 1 aromatic carbocycles. The quantitative estimate of drug-likeness (QED) is 0.875. The number of nitrogens with one attached hydrogen (secondary N) is 1. The molecule has 0 bridgehead atoms. The first-order valence-electron chi connectivity index (χ1n) is 6.12. The number of anilines is 1. The molecule has 2 aromatic rings. The minimum atomic E-state index is -1.25. The number of methoxy groups -OCH3 is 1.